The molecule has 1 aromatic rings. The molecule has 1 amide bonds. The minimum absolute atomic E-state index is 0.128. The minimum atomic E-state index is -0.145. The van der Waals surface area contributed by atoms with E-state index in [0.717, 1.165) is 56.2 Å². The fraction of sp³-hybridized carbons (Fsp3) is 0.632. The lowest BCUT2D eigenvalue weighted by Crippen LogP contribution is -2.38. The lowest BCUT2D eigenvalue weighted by molar-refractivity contribution is -0.119. The minimum Gasteiger partial charge on any atom is -0.327 e. The Morgan fingerprint density at radius 3 is 2.74 bits per heavy atom. The molecule has 1 spiro atoms. The van der Waals surface area contributed by atoms with Crippen molar-refractivity contribution in [3.63, 3.8) is 0 Å². The Kier molecular flexibility index (Phi) is 3.67. The van der Waals surface area contributed by atoms with Gasteiger partial charge in [-0.25, -0.2) is 4.39 Å². The van der Waals surface area contributed by atoms with Crippen LogP contribution in [0.2, 0.25) is 0 Å². The number of anilines is 1. The van der Waals surface area contributed by atoms with Gasteiger partial charge in [0.15, 0.2) is 0 Å². The molecule has 0 saturated heterocycles. The van der Waals surface area contributed by atoms with E-state index in [0.29, 0.717) is 18.9 Å². The van der Waals surface area contributed by atoms with Crippen molar-refractivity contribution in [3.8, 4) is 0 Å². The monoisotopic (exact) mass is 316 g/mol. The maximum absolute atomic E-state index is 14.5. The first-order valence-electron chi connectivity index (χ1n) is 8.96. The topological polar surface area (TPSA) is 46.3 Å². The molecule has 124 valence electrons. The van der Waals surface area contributed by atoms with Gasteiger partial charge in [0, 0.05) is 30.0 Å². The van der Waals surface area contributed by atoms with Crippen molar-refractivity contribution in [1.29, 1.82) is 0 Å². The highest BCUT2D eigenvalue weighted by Crippen LogP contribution is 2.51. The Labute approximate surface area is 137 Å². The van der Waals surface area contributed by atoms with Crippen LogP contribution in [0.1, 0.15) is 56.9 Å². The second-order valence-electron chi connectivity index (χ2n) is 7.66. The second-order valence-corrected chi connectivity index (χ2v) is 7.66. The molecular formula is C19H25FN2O. The first kappa shape index (κ1) is 15.1. The summed E-state index contributed by atoms with van der Waals surface area (Å²) in [7, 11) is 0. The maximum Gasteiger partial charge on any atom is 0.227 e. The van der Waals surface area contributed by atoms with E-state index in [1.807, 2.05) is 11.0 Å². The molecule has 2 saturated carbocycles. The van der Waals surface area contributed by atoms with Gasteiger partial charge in [-0.05, 0) is 43.7 Å². The van der Waals surface area contributed by atoms with Crippen molar-refractivity contribution in [2.75, 3.05) is 11.4 Å². The van der Waals surface area contributed by atoms with Crippen LogP contribution in [0.5, 0.6) is 0 Å². The van der Waals surface area contributed by atoms with Crippen LogP contribution in [-0.4, -0.2) is 18.5 Å². The Morgan fingerprint density at radius 1 is 1.26 bits per heavy atom. The quantitative estimate of drug-likeness (QED) is 0.907. The molecule has 0 radical (unpaired) electrons. The summed E-state index contributed by atoms with van der Waals surface area (Å²) in [6, 6.07) is 5.33. The first-order valence-corrected chi connectivity index (χ1v) is 8.96. The summed E-state index contributed by atoms with van der Waals surface area (Å²) in [5, 5.41) is 0. The number of rotatable bonds is 2. The SMILES string of the molecule is N[C@@H]1CCC[C@H]1CC(=O)N1CC2(CCCC2)c2c(F)cccc21. The molecular weight excluding hydrogens is 291 g/mol. The Balaban J connectivity index is 1.63. The number of carbonyl (C=O) groups excluding carboxylic acids is 1. The van der Waals surface area contributed by atoms with Gasteiger partial charge in [-0.15, -0.1) is 0 Å². The summed E-state index contributed by atoms with van der Waals surface area (Å²) < 4.78 is 14.5. The highest BCUT2D eigenvalue weighted by molar-refractivity contribution is 5.96. The Morgan fingerprint density at radius 2 is 2.04 bits per heavy atom. The van der Waals surface area contributed by atoms with Crippen molar-refractivity contribution >= 4 is 11.6 Å². The van der Waals surface area contributed by atoms with Gasteiger partial charge in [-0.2, -0.15) is 0 Å². The third-order valence-corrected chi connectivity index (χ3v) is 6.29. The number of hydrogen-bond donors (Lipinski definition) is 1. The summed E-state index contributed by atoms with van der Waals surface area (Å²) in [4.78, 5) is 14.8. The molecule has 23 heavy (non-hydrogen) atoms. The molecule has 2 atom stereocenters. The molecule has 3 nitrogen and oxygen atoms in total. The van der Waals surface area contributed by atoms with E-state index in [1.165, 1.54) is 0 Å². The van der Waals surface area contributed by atoms with Gasteiger partial charge >= 0.3 is 0 Å². The molecule has 0 bridgehead atoms. The third kappa shape index (κ3) is 2.38. The molecule has 2 fully saturated rings. The van der Waals surface area contributed by atoms with Gasteiger partial charge in [-0.3, -0.25) is 4.79 Å². The molecule has 2 N–H and O–H groups in total. The smallest absolute Gasteiger partial charge is 0.227 e. The van der Waals surface area contributed by atoms with Crippen LogP contribution in [0.15, 0.2) is 18.2 Å². The zero-order valence-corrected chi connectivity index (χ0v) is 13.6. The molecule has 1 aliphatic heterocycles. The van der Waals surface area contributed by atoms with Crippen LogP contribution in [0.4, 0.5) is 10.1 Å². The van der Waals surface area contributed by atoms with E-state index in [-0.39, 0.29) is 23.2 Å². The first-order chi connectivity index (χ1) is 11.1. The standard InChI is InChI=1S/C19H25FN2O/c20-14-6-4-8-16-18(14)19(9-1-2-10-19)12-22(16)17(23)11-13-5-3-7-15(13)21/h4,6,8,13,15H,1-3,5,7,9-12,21H2/t13-,15+/m0/s1. The number of halogens is 1. The van der Waals surface area contributed by atoms with Gasteiger partial charge in [-0.1, -0.05) is 25.3 Å². The van der Waals surface area contributed by atoms with Crippen LogP contribution in [0.25, 0.3) is 0 Å². The summed E-state index contributed by atoms with van der Waals surface area (Å²) in [5.74, 6) is 0.278. The number of nitrogens with two attached hydrogens (primary N) is 1. The fourth-order valence-corrected chi connectivity index (χ4v) is 5.07. The number of nitrogens with zero attached hydrogens (tertiary/aromatic N) is 1. The largest absolute Gasteiger partial charge is 0.327 e. The summed E-state index contributed by atoms with van der Waals surface area (Å²) in [6.07, 6.45) is 7.93. The van der Waals surface area contributed by atoms with Crippen LogP contribution < -0.4 is 10.6 Å². The third-order valence-electron chi connectivity index (χ3n) is 6.29. The average Bonchev–Trinajstić information content (AvgIpc) is 3.23. The van der Waals surface area contributed by atoms with Crippen LogP contribution in [0, 0.1) is 11.7 Å². The van der Waals surface area contributed by atoms with Crippen molar-refractivity contribution in [2.24, 2.45) is 11.7 Å². The van der Waals surface area contributed by atoms with E-state index in [9.17, 15) is 9.18 Å². The van der Waals surface area contributed by atoms with E-state index in [1.54, 1.807) is 12.1 Å². The molecule has 3 aliphatic rings. The number of benzene rings is 1. The molecule has 4 heteroatoms. The maximum atomic E-state index is 14.5. The summed E-state index contributed by atoms with van der Waals surface area (Å²) >= 11 is 0. The Hall–Kier alpha value is -1.42. The lowest BCUT2D eigenvalue weighted by atomic mass is 9.80. The highest BCUT2D eigenvalue weighted by atomic mass is 19.1. The van der Waals surface area contributed by atoms with E-state index >= 15 is 0 Å². The predicted molar refractivity (Wildman–Crippen MR) is 88.8 cm³/mol. The number of carbonyl (C=O) groups is 1. The van der Waals surface area contributed by atoms with Gasteiger partial charge in [0.1, 0.15) is 5.82 Å². The molecule has 4 rings (SSSR count). The van der Waals surface area contributed by atoms with Crippen molar-refractivity contribution in [3.05, 3.63) is 29.6 Å². The number of amides is 1. The van der Waals surface area contributed by atoms with Gasteiger partial charge < -0.3 is 10.6 Å². The van der Waals surface area contributed by atoms with Gasteiger partial charge in [0.2, 0.25) is 5.91 Å². The highest BCUT2D eigenvalue weighted by Gasteiger charge is 2.48. The Bertz CT molecular complexity index is 624. The van der Waals surface area contributed by atoms with Gasteiger partial charge in [0.05, 0.1) is 5.69 Å². The molecule has 0 unspecified atom stereocenters. The average molecular weight is 316 g/mol. The molecule has 2 aliphatic carbocycles. The van der Waals surface area contributed by atoms with E-state index in [4.69, 9.17) is 5.73 Å². The second kappa shape index (κ2) is 5.59. The van der Waals surface area contributed by atoms with Crippen LogP contribution in [-0.2, 0) is 10.2 Å². The van der Waals surface area contributed by atoms with Crippen molar-refractivity contribution < 1.29 is 9.18 Å². The zero-order valence-electron chi connectivity index (χ0n) is 13.6. The summed E-state index contributed by atoms with van der Waals surface area (Å²) in [6.45, 7) is 0.657. The van der Waals surface area contributed by atoms with E-state index in [2.05, 4.69) is 0 Å². The number of fused-ring (bicyclic) bond motifs is 2. The number of hydrogen-bond acceptors (Lipinski definition) is 2. The molecule has 1 aromatic carbocycles. The summed E-state index contributed by atoms with van der Waals surface area (Å²) in [5.41, 5.74) is 7.59. The van der Waals surface area contributed by atoms with Crippen LogP contribution >= 0.6 is 0 Å². The fourth-order valence-electron chi connectivity index (χ4n) is 5.07. The zero-order chi connectivity index (χ0) is 16.0. The normalized spacial score (nSPS) is 28.5. The van der Waals surface area contributed by atoms with E-state index < -0.39 is 0 Å². The molecule has 0 aromatic heterocycles. The van der Waals surface area contributed by atoms with Gasteiger partial charge in [0.25, 0.3) is 0 Å². The van der Waals surface area contributed by atoms with Crippen molar-refractivity contribution in [1.82, 2.24) is 0 Å². The lowest BCUT2D eigenvalue weighted by Gasteiger charge is -2.26. The van der Waals surface area contributed by atoms with Crippen molar-refractivity contribution in [2.45, 2.75) is 62.8 Å². The predicted octanol–water partition coefficient (Wildman–Crippen LogP) is 3.50. The van der Waals surface area contributed by atoms with Crippen LogP contribution in [0.3, 0.4) is 0 Å². The molecule has 1 heterocycles.